The Hall–Kier alpha value is -4.31. The lowest BCUT2D eigenvalue weighted by Gasteiger charge is -2.25. The van der Waals surface area contributed by atoms with Crippen LogP contribution in [-0.2, 0) is 33.3 Å². The molecule has 0 aliphatic heterocycles. The van der Waals surface area contributed by atoms with Crippen molar-refractivity contribution in [2.45, 2.75) is 386 Å². The molecule has 0 saturated carbocycles. The smallest absolute Gasteiger partial charge is 0.361 e. The molecule has 0 aromatic heterocycles. The number of aliphatic carboxylic acids is 1. The lowest BCUT2D eigenvalue weighted by Crippen LogP contribution is -2.40. The van der Waals surface area contributed by atoms with Gasteiger partial charge in [0.25, 0.3) is 6.29 Å². The van der Waals surface area contributed by atoms with Gasteiger partial charge in [0.2, 0.25) is 0 Å². The molecule has 0 aliphatic rings. The zero-order chi connectivity index (χ0) is 71.8. The van der Waals surface area contributed by atoms with Crippen molar-refractivity contribution in [2.24, 2.45) is 0 Å². The third kappa shape index (κ3) is 80.9. The minimum absolute atomic E-state index is 0.184. The van der Waals surface area contributed by atoms with Crippen molar-refractivity contribution in [2.75, 3.05) is 47.5 Å². The Bertz CT molecular complexity index is 2050. The van der Waals surface area contributed by atoms with Gasteiger partial charge in [-0.1, -0.05) is 373 Å². The molecule has 0 amide bonds. The first-order valence-electron chi connectivity index (χ1n) is 41.7. The second-order valence-electron chi connectivity index (χ2n) is 29.1. The number of allylic oxidation sites excluding steroid dienone is 20. The molecular formula is C90H158NO8+. The highest BCUT2D eigenvalue weighted by Crippen LogP contribution is 2.19. The Morgan fingerprint density at radius 2 is 0.576 bits per heavy atom. The van der Waals surface area contributed by atoms with Gasteiger partial charge >= 0.3 is 17.9 Å². The lowest BCUT2D eigenvalue weighted by molar-refractivity contribution is -0.870. The highest BCUT2D eigenvalue weighted by atomic mass is 16.7. The van der Waals surface area contributed by atoms with Crippen LogP contribution in [0.25, 0.3) is 0 Å². The second kappa shape index (κ2) is 79.4. The van der Waals surface area contributed by atoms with Crippen LogP contribution in [0.2, 0.25) is 0 Å². The van der Waals surface area contributed by atoms with Crippen LogP contribution in [0.3, 0.4) is 0 Å². The van der Waals surface area contributed by atoms with E-state index in [4.69, 9.17) is 18.9 Å². The zero-order valence-electron chi connectivity index (χ0n) is 65.4. The Kier molecular flexibility index (Phi) is 75.9. The van der Waals surface area contributed by atoms with Crippen LogP contribution in [0.4, 0.5) is 0 Å². The van der Waals surface area contributed by atoms with Crippen molar-refractivity contribution in [1.82, 2.24) is 0 Å². The number of unbranched alkanes of at least 4 members (excludes halogenated alkanes) is 42. The number of carboxylic acid groups (broad SMARTS) is 1. The summed E-state index contributed by atoms with van der Waals surface area (Å²) in [5.41, 5.74) is 0. The number of carboxylic acids is 1. The maximum Gasteiger partial charge on any atom is 0.361 e. The predicted octanol–water partition coefficient (Wildman–Crippen LogP) is 27.0. The minimum Gasteiger partial charge on any atom is -0.477 e. The molecule has 0 fully saturated rings. The highest BCUT2D eigenvalue weighted by Gasteiger charge is 2.25. The molecule has 2 atom stereocenters. The van der Waals surface area contributed by atoms with E-state index in [-0.39, 0.29) is 32.2 Å². The van der Waals surface area contributed by atoms with Crippen molar-refractivity contribution in [3.8, 4) is 0 Å². The number of carbonyl (C=O) groups excluding carboxylic acids is 2. The molecule has 0 spiro atoms. The number of ether oxygens (including phenoxy) is 4. The summed E-state index contributed by atoms with van der Waals surface area (Å²) in [5, 5.41) is 9.78. The number of hydrogen-bond donors (Lipinski definition) is 1. The van der Waals surface area contributed by atoms with E-state index in [0.717, 1.165) is 96.3 Å². The molecule has 0 aromatic rings. The highest BCUT2D eigenvalue weighted by molar-refractivity contribution is 5.71. The van der Waals surface area contributed by atoms with Gasteiger partial charge in [-0.2, -0.15) is 0 Å². The Balaban J connectivity index is 4.01. The molecule has 0 aliphatic carbocycles. The molecule has 0 rings (SSSR count). The fraction of sp³-hybridized carbons (Fsp3) is 0.744. The largest absolute Gasteiger partial charge is 0.477 e. The molecule has 0 aromatic carbocycles. The maximum atomic E-state index is 13.0. The zero-order valence-corrected chi connectivity index (χ0v) is 65.4. The van der Waals surface area contributed by atoms with E-state index in [0.29, 0.717) is 23.9 Å². The fourth-order valence-corrected chi connectivity index (χ4v) is 11.9. The van der Waals surface area contributed by atoms with Crippen LogP contribution in [0.15, 0.2) is 122 Å². The Morgan fingerprint density at radius 1 is 0.313 bits per heavy atom. The van der Waals surface area contributed by atoms with Crippen LogP contribution in [0.5, 0.6) is 0 Å². The van der Waals surface area contributed by atoms with E-state index in [1.54, 1.807) is 0 Å². The first-order valence-corrected chi connectivity index (χ1v) is 41.7. The summed E-state index contributed by atoms with van der Waals surface area (Å²) in [5.74, 6) is -1.99. The maximum absolute atomic E-state index is 13.0. The standard InChI is InChI=1S/C90H157NO8/c1-6-8-10-12-14-16-18-20-22-24-26-28-30-32-34-36-38-40-42-44-46-48-50-52-54-56-58-60-62-64-66-68-70-72-74-76-78-80-87(92)97-84-86(85-98-90(89(94)95)96-83-82-91(3,4)5)99-88(93)81-79-77-75-73-71-69-67-65-63-61-59-57-55-53-51-49-47-45-43-41-39-37-35-33-31-29-27-25-23-21-19-17-15-13-11-9-7-2/h9,11,15,17-18,20-21,23-24,26-27,29,33,35,39,41,45,47,51,53,86,90H,6-8,10,12-14,16,19,22,25,28,30-32,34,36-38,40,42-44,46,48-50,52,54-85H2,1-5H3/p+1/b11-9-,17-15-,20-18-,23-21-,26-24-,29-27-,35-33-,41-39-,47-45-,53-51-. The van der Waals surface area contributed by atoms with Gasteiger partial charge in [-0.05, 0) is 109 Å². The van der Waals surface area contributed by atoms with Crippen molar-refractivity contribution in [3.05, 3.63) is 122 Å². The summed E-state index contributed by atoms with van der Waals surface area (Å²) in [6.45, 7) is 4.79. The number of esters is 2. The molecule has 2 unspecified atom stereocenters. The average Bonchev–Trinajstić information content (AvgIpc) is 2.19. The predicted molar refractivity (Wildman–Crippen MR) is 428 cm³/mol. The normalized spacial score (nSPS) is 13.3. The van der Waals surface area contributed by atoms with E-state index in [2.05, 4.69) is 135 Å². The summed E-state index contributed by atoms with van der Waals surface area (Å²) in [4.78, 5) is 37.8. The molecular weight excluding hydrogens is 1220 g/mol. The van der Waals surface area contributed by atoms with Crippen LogP contribution in [0, 0.1) is 0 Å². The van der Waals surface area contributed by atoms with Gasteiger partial charge in [-0.15, -0.1) is 0 Å². The van der Waals surface area contributed by atoms with Crippen molar-refractivity contribution in [3.63, 3.8) is 0 Å². The molecule has 570 valence electrons. The van der Waals surface area contributed by atoms with Crippen LogP contribution in [0.1, 0.15) is 373 Å². The summed E-state index contributed by atoms with van der Waals surface area (Å²) < 4.78 is 23.1. The molecule has 1 N–H and O–H groups in total. The molecule has 9 nitrogen and oxygen atoms in total. The molecule has 9 heteroatoms. The first-order chi connectivity index (χ1) is 48.6. The van der Waals surface area contributed by atoms with Gasteiger partial charge in [0.05, 0.1) is 34.4 Å². The number of likely N-dealkylation sites (N-methyl/N-ethyl adjacent to an activating group) is 1. The molecule has 0 radical (unpaired) electrons. The lowest BCUT2D eigenvalue weighted by atomic mass is 10.0. The third-order valence-electron chi connectivity index (χ3n) is 18.2. The van der Waals surface area contributed by atoms with Gasteiger partial charge in [0, 0.05) is 12.8 Å². The van der Waals surface area contributed by atoms with Crippen molar-refractivity contribution >= 4 is 17.9 Å². The van der Waals surface area contributed by atoms with Gasteiger partial charge in [-0.3, -0.25) is 9.59 Å². The quantitative estimate of drug-likeness (QED) is 0.0211. The Morgan fingerprint density at radius 3 is 0.859 bits per heavy atom. The number of quaternary nitrogens is 1. The average molecular weight is 1380 g/mol. The molecule has 0 bridgehead atoms. The summed E-state index contributed by atoms with van der Waals surface area (Å²) >= 11 is 0. The number of carbonyl (C=O) groups is 3. The number of rotatable bonds is 77. The van der Waals surface area contributed by atoms with Crippen molar-refractivity contribution < 1.29 is 42.9 Å². The van der Waals surface area contributed by atoms with Gasteiger partial charge in [0.1, 0.15) is 13.2 Å². The van der Waals surface area contributed by atoms with E-state index in [9.17, 15) is 19.5 Å². The summed E-state index contributed by atoms with van der Waals surface area (Å²) in [6.07, 6.45) is 111. The summed E-state index contributed by atoms with van der Waals surface area (Å²) in [6, 6.07) is 0. The molecule has 99 heavy (non-hydrogen) atoms. The van der Waals surface area contributed by atoms with Gasteiger partial charge in [-0.25, -0.2) is 4.79 Å². The third-order valence-corrected chi connectivity index (χ3v) is 18.2. The van der Waals surface area contributed by atoms with Gasteiger partial charge in [0.15, 0.2) is 6.10 Å². The van der Waals surface area contributed by atoms with E-state index < -0.39 is 24.3 Å². The van der Waals surface area contributed by atoms with Crippen LogP contribution < -0.4 is 0 Å². The number of hydrogen-bond acceptors (Lipinski definition) is 7. The molecule has 0 heterocycles. The topological polar surface area (TPSA) is 108 Å². The Labute approximate surface area is 612 Å². The fourth-order valence-electron chi connectivity index (χ4n) is 11.9. The second-order valence-corrected chi connectivity index (χ2v) is 29.1. The SMILES string of the molecule is CC/C=C\C/C=C\C/C=C\C/C=C\C/C=C\C/C=C\C/C=C\C/C=C\CCCCCCCCCCCCCCC(=O)OC(COC(=O)CCCCCCCCCCCCCCCCCCCCCCCCCCC/C=C\C/C=C\CCCCCCC)COC(OCC[N+](C)(C)C)C(=O)O. The minimum atomic E-state index is -1.52. The summed E-state index contributed by atoms with van der Waals surface area (Å²) in [7, 11) is 5.99. The van der Waals surface area contributed by atoms with E-state index in [1.807, 2.05) is 21.1 Å². The first kappa shape index (κ1) is 94.7. The van der Waals surface area contributed by atoms with Crippen molar-refractivity contribution in [1.29, 1.82) is 0 Å². The monoisotopic (exact) mass is 1380 g/mol. The van der Waals surface area contributed by atoms with Crippen LogP contribution >= 0.6 is 0 Å². The van der Waals surface area contributed by atoms with E-state index >= 15 is 0 Å². The molecule has 0 saturated heterocycles. The number of nitrogens with zero attached hydrogens (tertiary/aromatic N) is 1. The van der Waals surface area contributed by atoms with Gasteiger partial charge < -0.3 is 28.5 Å². The van der Waals surface area contributed by atoms with E-state index in [1.165, 1.54) is 244 Å². The van der Waals surface area contributed by atoms with Crippen LogP contribution in [-0.4, -0.2) is 87.4 Å².